The summed E-state index contributed by atoms with van der Waals surface area (Å²) in [7, 11) is 0. The van der Waals surface area contributed by atoms with Crippen LogP contribution in [0.1, 0.15) is 37.3 Å². The van der Waals surface area contributed by atoms with E-state index in [4.69, 9.17) is 11.5 Å². The summed E-state index contributed by atoms with van der Waals surface area (Å²) in [5.74, 6) is 0.362. The fourth-order valence-corrected chi connectivity index (χ4v) is 3.51. The van der Waals surface area contributed by atoms with E-state index in [1.165, 1.54) is 5.39 Å². The largest absolute Gasteiger partial charge is 0.348 e. The van der Waals surface area contributed by atoms with Crippen LogP contribution in [0.2, 0.25) is 0 Å². The van der Waals surface area contributed by atoms with Crippen LogP contribution in [0.4, 0.5) is 0 Å². The van der Waals surface area contributed by atoms with Crippen LogP contribution in [-0.4, -0.2) is 18.5 Å². The first kappa shape index (κ1) is 16.0. The van der Waals surface area contributed by atoms with Gasteiger partial charge in [-0.05, 0) is 41.2 Å². The Morgan fingerprint density at radius 2 is 1.96 bits per heavy atom. The molecule has 2 aromatic rings. The Morgan fingerprint density at radius 1 is 1.17 bits per heavy atom. The SMILES string of the molecule is NCC(NC(=O)C[C@@H]1CCC[C@H]1N)c1ccc2ccccc2c1. The van der Waals surface area contributed by atoms with E-state index in [9.17, 15) is 4.79 Å². The smallest absolute Gasteiger partial charge is 0.220 e. The molecule has 3 atom stereocenters. The Kier molecular flexibility index (Phi) is 4.94. The third-order valence-electron chi connectivity index (χ3n) is 4.91. The monoisotopic (exact) mass is 311 g/mol. The van der Waals surface area contributed by atoms with E-state index in [0.717, 1.165) is 30.2 Å². The molecule has 3 rings (SSSR count). The van der Waals surface area contributed by atoms with Crippen LogP contribution in [0.3, 0.4) is 0 Å². The van der Waals surface area contributed by atoms with E-state index >= 15 is 0 Å². The molecule has 1 unspecified atom stereocenters. The molecule has 0 bridgehead atoms. The van der Waals surface area contributed by atoms with Crippen LogP contribution in [0.15, 0.2) is 42.5 Å². The summed E-state index contributed by atoms with van der Waals surface area (Å²) >= 11 is 0. The second kappa shape index (κ2) is 7.11. The first-order valence-corrected chi connectivity index (χ1v) is 8.41. The lowest BCUT2D eigenvalue weighted by atomic mass is 9.98. The minimum Gasteiger partial charge on any atom is -0.348 e. The van der Waals surface area contributed by atoms with Crippen LogP contribution in [0, 0.1) is 5.92 Å². The quantitative estimate of drug-likeness (QED) is 0.793. The number of hydrogen-bond donors (Lipinski definition) is 3. The zero-order chi connectivity index (χ0) is 16.2. The molecule has 0 spiro atoms. The molecule has 1 amide bonds. The molecule has 122 valence electrons. The summed E-state index contributed by atoms with van der Waals surface area (Å²) in [4.78, 5) is 12.3. The first-order chi connectivity index (χ1) is 11.2. The molecule has 5 N–H and O–H groups in total. The van der Waals surface area contributed by atoms with Crippen molar-refractivity contribution >= 4 is 16.7 Å². The number of carbonyl (C=O) groups excluding carboxylic acids is 1. The van der Waals surface area contributed by atoms with Crippen molar-refractivity contribution in [2.24, 2.45) is 17.4 Å². The lowest BCUT2D eigenvalue weighted by Gasteiger charge is -2.20. The summed E-state index contributed by atoms with van der Waals surface area (Å²) in [5, 5.41) is 5.43. The van der Waals surface area contributed by atoms with Gasteiger partial charge in [0.2, 0.25) is 5.91 Å². The molecule has 1 aliphatic rings. The Morgan fingerprint density at radius 3 is 2.65 bits per heavy atom. The average Bonchev–Trinajstić information content (AvgIpc) is 2.97. The van der Waals surface area contributed by atoms with Gasteiger partial charge in [0, 0.05) is 19.0 Å². The molecule has 0 saturated heterocycles. The van der Waals surface area contributed by atoms with Crippen molar-refractivity contribution in [1.82, 2.24) is 5.32 Å². The molecule has 1 aliphatic carbocycles. The number of nitrogens with two attached hydrogens (primary N) is 2. The minimum atomic E-state index is -0.148. The van der Waals surface area contributed by atoms with Gasteiger partial charge in [-0.15, -0.1) is 0 Å². The number of benzene rings is 2. The van der Waals surface area contributed by atoms with Crippen LogP contribution in [0.25, 0.3) is 10.8 Å². The van der Waals surface area contributed by atoms with Gasteiger partial charge in [-0.3, -0.25) is 4.79 Å². The van der Waals surface area contributed by atoms with Crippen molar-refractivity contribution in [3.05, 3.63) is 48.0 Å². The Labute approximate surface area is 137 Å². The molecule has 23 heavy (non-hydrogen) atoms. The van der Waals surface area contributed by atoms with Gasteiger partial charge in [-0.1, -0.05) is 42.8 Å². The van der Waals surface area contributed by atoms with E-state index in [-0.39, 0.29) is 18.0 Å². The molecule has 4 heteroatoms. The predicted octanol–water partition coefficient (Wildman–Crippen LogP) is 2.47. The lowest BCUT2D eigenvalue weighted by Crippen LogP contribution is -2.36. The van der Waals surface area contributed by atoms with Gasteiger partial charge in [-0.2, -0.15) is 0 Å². The van der Waals surface area contributed by atoms with Gasteiger partial charge < -0.3 is 16.8 Å². The average molecular weight is 311 g/mol. The topological polar surface area (TPSA) is 81.1 Å². The Hall–Kier alpha value is -1.91. The maximum absolute atomic E-state index is 12.3. The highest BCUT2D eigenvalue weighted by atomic mass is 16.1. The minimum absolute atomic E-state index is 0.0518. The van der Waals surface area contributed by atoms with Crippen molar-refractivity contribution in [1.29, 1.82) is 0 Å². The maximum Gasteiger partial charge on any atom is 0.220 e. The van der Waals surface area contributed by atoms with Crippen LogP contribution in [-0.2, 0) is 4.79 Å². The molecule has 0 aromatic heterocycles. The van der Waals surface area contributed by atoms with Crippen LogP contribution < -0.4 is 16.8 Å². The summed E-state index contributed by atoms with van der Waals surface area (Å²) in [5.41, 5.74) is 13.0. The number of rotatable bonds is 5. The second-order valence-corrected chi connectivity index (χ2v) is 6.52. The summed E-state index contributed by atoms with van der Waals surface area (Å²) in [6, 6.07) is 14.4. The zero-order valence-electron chi connectivity index (χ0n) is 13.4. The van der Waals surface area contributed by atoms with Gasteiger partial charge in [0.25, 0.3) is 0 Å². The van der Waals surface area contributed by atoms with Gasteiger partial charge in [0.05, 0.1) is 6.04 Å². The van der Waals surface area contributed by atoms with E-state index in [1.54, 1.807) is 0 Å². The third kappa shape index (κ3) is 3.71. The van der Waals surface area contributed by atoms with Gasteiger partial charge in [0.1, 0.15) is 0 Å². The summed E-state index contributed by atoms with van der Waals surface area (Å²) in [6.45, 7) is 0.390. The number of fused-ring (bicyclic) bond motifs is 1. The molecular weight excluding hydrogens is 286 g/mol. The molecular formula is C19H25N3O. The molecule has 0 radical (unpaired) electrons. The fraction of sp³-hybridized carbons (Fsp3) is 0.421. The number of amides is 1. The lowest BCUT2D eigenvalue weighted by molar-refractivity contribution is -0.122. The fourth-order valence-electron chi connectivity index (χ4n) is 3.51. The highest BCUT2D eigenvalue weighted by Crippen LogP contribution is 2.27. The molecule has 1 saturated carbocycles. The molecule has 0 heterocycles. The standard InChI is InChI=1S/C19H25N3O/c20-12-18(22-19(23)11-15-6-3-7-17(15)21)16-9-8-13-4-1-2-5-14(13)10-16/h1-2,4-5,8-10,15,17-18H,3,6-7,11-12,20-21H2,(H,22,23)/t15-,17+,18?/m0/s1. The highest BCUT2D eigenvalue weighted by Gasteiger charge is 2.26. The first-order valence-electron chi connectivity index (χ1n) is 8.41. The van der Waals surface area contributed by atoms with E-state index in [0.29, 0.717) is 18.9 Å². The highest BCUT2D eigenvalue weighted by molar-refractivity contribution is 5.83. The number of nitrogens with one attached hydrogen (secondary N) is 1. The van der Waals surface area contributed by atoms with Crippen molar-refractivity contribution in [3.63, 3.8) is 0 Å². The van der Waals surface area contributed by atoms with Crippen molar-refractivity contribution < 1.29 is 4.79 Å². The Bertz CT molecular complexity index is 685. The van der Waals surface area contributed by atoms with E-state index in [1.807, 2.05) is 18.2 Å². The van der Waals surface area contributed by atoms with E-state index in [2.05, 4.69) is 29.6 Å². The van der Waals surface area contributed by atoms with Crippen LogP contribution >= 0.6 is 0 Å². The molecule has 1 fully saturated rings. The maximum atomic E-state index is 12.3. The van der Waals surface area contributed by atoms with Crippen LogP contribution in [0.5, 0.6) is 0 Å². The number of carbonyl (C=O) groups is 1. The summed E-state index contributed by atoms with van der Waals surface area (Å²) < 4.78 is 0. The van der Waals surface area contributed by atoms with Gasteiger partial charge >= 0.3 is 0 Å². The predicted molar refractivity (Wildman–Crippen MR) is 93.8 cm³/mol. The van der Waals surface area contributed by atoms with Crippen molar-refractivity contribution in [2.45, 2.75) is 37.8 Å². The van der Waals surface area contributed by atoms with Gasteiger partial charge in [0.15, 0.2) is 0 Å². The van der Waals surface area contributed by atoms with Crippen molar-refractivity contribution in [2.75, 3.05) is 6.54 Å². The molecule has 4 nitrogen and oxygen atoms in total. The van der Waals surface area contributed by atoms with E-state index < -0.39 is 0 Å². The number of hydrogen-bond acceptors (Lipinski definition) is 3. The normalized spacial score (nSPS) is 22.2. The van der Waals surface area contributed by atoms with Gasteiger partial charge in [-0.25, -0.2) is 0 Å². The summed E-state index contributed by atoms with van der Waals surface area (Å²) in [6.07, 6.45) is 3.72. The second-order valence-electron chi connectivity index (χ2n) is 6.52. The van der Waals surface area contributed by atoms with Crippen molar-refractivity contribution in [3.8, 4) is 0 Å². The zero-order valence-corrected chi connectivity index (χ0v) is 13.4. The third-order valence-corrected chi connectivity index (χ3v) is 4.91. The molecule has 2 aromatic carbocycles. The molecule has 0 aliphatic heterocycles. The Balaban J connectivity index is 1.69.